The number of sulfonamides is 1. The Balaban J connectivity index is 1.74. The molecule has 3 aromatic carbocycles. The summed E-state index contributed by atoms with van der Waals surface area (Å²) < 4.78 is 40.7. The van der Waals surface area contributed by atoms with Crippen molar-refractivity contribution in [3.63, 3.8) is 0 Å². The Morgan fingerprint density at radius 3 is 2.22 bits per heavy atom. The smallest absolute Gasteiger partial charge is 0.264 e. The summed E-state index contributed by atoms with van der Waals surface area (Å²) in [6.07, 6.45) is 5.44. The predicted octanol–water partition coefficient (Wildman–Crippen LogP) is 5.85. The van der Waals surface area contributed by atoms with Crippen LogP contribution in [0.15, 0.2) is 77.7 Å². The van der Waals surface area contributed by atoms with Gasteiger partial charge in [0.2, 0.25) is 11.8 Å². The van der Waals surface area contributed by atoms with Gasteiger partial charge in [-0.3, -0.25) is 13.9 Å². The van der Waals surface area contributed by atoms with Crippen LogP contribution in [0.1, 0.15) is 63.5 Å². The lowest BCUT2D eigenvalue weighted by Crippen LogP contribution is -2.54. The molecule has 242 valence electrons. The second kappa shape index (κ2) is 15.8. The van der Waals surface area contributed by atoms with E-state index >= 15 is 0 Å². The summed E-state index contributed by atoms with van der Waals surface area (Å²) in [6, 6.07) is 19.8. The molecule has 1 atom stereocenters. The number of rotatable bonds is 14. The molecule has 3 aromatic rings. The molecule has 0 saturated heterocycles. The highest BCUT2D eigenvalue weighted by molar-refractivity contribution is 7.92. The van der Waals surface area contributed by atoms with Gasteiger partial charge in [0.05, 0.1) is 24.3 Å². The molecule has 0 radical (unpaired) electrons. The van der Waals surface area contributed by atoms with Crippen LogP contribution in [-0.4, -0.2) is 57.5 Å². The maximum Gasteiger partial charge on any atom is 0.264 e. The largest absolute Gasteiger partial charge is 0.497 e. The minimum Gasteiger partial charge on any atom is -0.497 e. The lowest BCUT2D eigenvalue weighted by molar-refractivity contribution is -0.140. The number of carbonyl (C=O) groups is 2. The van der Waals surface area contributed by atoms with Gasteiger partial charge in [-0.05, 0) is 75.1 Å². The van der Waals surface area contributed by atoms with E-state index in [2.05, 4.69) is 5.32 Å². The summed E-state index contributed by atoms with van der Waals surface area (Å²) >= 11 is 0. The number of hydrogen-bond acceptors (Lipinski definition) is 6. The van der Waals surface area contributed by atoms with Crippen LogP contribution in [0, 0.1) is 6.92 Å². The third kappa shape index (κ3) is 8.57. The van der Waals surface area contributed by atoms with Crippen LogP contribution >= 0.6 is 0 Å². The van der Waals surface area contributed by atoms with Crippen LogP contribution in [0.2, 0.25) is 0 Å². The van der Waals surface area contributed by atoms with Gasteiger partial charge in [0.15, 0.2) is 0 Å². The first-order valence-corrected chi connectivity index (χ1v) is 17.2. The van der Waals surface area contributed by atoms with Crippen molar-refractivity contribution in [1.29, 1.82) is 0 Å². The number of nitrogens with one attached hydrogen (secondary N) is 1. The highest BCUT2D eigenvalue weighted by Crippen LogP contribution is 2.33. The number of benzene rings is 3. The fourth-order valence-corrected chi connectivity index (χ4v) is 7.11. The average molecular weight is 636 g/mol. The van der Waals surface area contributed by atoms with Crippen molar-refractivity contribution in [3.05, 3.63) is 83.9 Å². The van der Waals surface area contributed by atoms with Crippen LogP contribution < -0.4 is 19.1 Å². The van der Waals surface area contributed by atoms with Gasteiger partial charge in [-0.25, -0.2) is 8.42 Å². The van der Waals surface area contributed by atoms with Gasteiger partial charge in [-0.15, -0.1) is 0 Å². The second-order valence-corrected chi connectivity index (χ2v) is 13.2. The first-order valence-electron chi connectivity index (χ1n) is 15.7. The van der Waals surface area contributed by atoms with Gasteiger partial charge in [0, 0.05) is 12.6 Å². The van der Waals surface area contributed by atoms with E-state index in [-0.39, 0.29) is 29.1 Å². The SMILES string of the molecule is CCOc1ccccc1N(CC(=O)N(Cc1ccc(OC)cc1)[C@H](CC)C(=O)NC1CCCCC1)S(=O)(=O)c1ccc(C)cc1. The van der Waals surface area contributed by atoms with E-state index in [1.165, 1.54) is 17.0 Å². The summed E-state index contributed by atoms with van der Waals surface area (Å²) in [5, 5.41) is 3.18. The first kappa shape index (κ1) is 33.8. The van der Waals surface area contributed by atoms with Crippen molar-refractivity contribution >= 4 is 27.5 Å². The molecule has 0 spiro atoms. The Labute approximate surface area is 267 Å². The highest BCUT2D eigenvalue weighted by atomic mass is 32.2. The van der Waals surface area contributed by atoms with Crippen molar-refractivity contribution in [3.8, 4) is 11.5 Å². The molecule has 1 aliphatic carbocycles. The lowest BCUT2D eigenvalue weighted by atomic mass is 9.95. The maximum absolute atomic E-state index is 14.4. The molecule has 10 heteroatoms. The summed E-state index contributed by atoms with van der Waals surface area (Å²) in [6.45, 7) is 5.46. The van der Waals surface area contributed by atoms with Gasteiger partial charge in [0.25, 0.3) is 10.0 Å². The van der Waals surface area contributed by atoms with Crippen molar-refractivity contribution < 1.29 is 27.5 Å². The molecule has 2 amide bonds. The van der Waals surface area contributed by atoms with E-state index in [0.29, 0.717) is 24.5 Å². The molecule has 1 N–H and O–H groups in total. The Bertz CT molecular complexity index is 1520. The van der Waals surface area contributed by atoms with E-state index in [1.807, 2.05) is 32.9 Å². The van der Waals surface area contributed by atoms with Crippen LogP contribution in [-0.2, 0) is 26.2 Å². The van der Waals surface area contributed by atoms with Gasteiger partial charge < -0.3 is 19.7 Å². The number of hydrogen-bond donors (Lipinski definition) is 1. The van der Waals surface area contributed by atoms with Crippen LogP contribution in [0.5, 0.6) is 11.5 Å². The van der Waals surface area contributed by atoms with Gasteiger partial charge in [-0.1, -0.05) is 68.1 Å². The standard InChI is InChI=1S/C35H45N3O6S/c1-5-31(35(40)36-28-12-8-7-9-13-28)37(24-27-18-20-29(43-4)21-19-27)34(39)25-38(32-14-10-11-15-33(32)44-6-2)45(41,42)30-22-16-26(3)17-23-30/h10-11,14-23,28,31H,5-9,12-13,24-25H2,1-4H3,(H,36,40)/t31-/m1/s1. The number of nitrogens with zero attached hydrogens (tertiary/aromatic N) is 2. The monoisotopic (exact) mass is 635 g/mol. The van der Waals surface area contributed by atoms with Crippen molar-refractivity contribution in [2.24, 2.45) is 0 Å². The van der Waals surface area contributed by atoms with E-state index < -0.39 is 28.5 Å². The fourth-order valence-electron chi connectivity index (χ4n) is 5.68. The van der Waals surface area contributed by atoms with E-state index in [0.717, 1.165) is 47.5 Å². The fraction of sp³-hybridized carbons (Fsp3) is 0.429. The zero-order valence-electron chi connectivity index (χ0n) is 26.7. The maximum atomic E-state index is 14.4. The number of para-hydroxylation sites is 2. The third-order valence-electron chi connectivity index (χ3n) is 8.17. The van der Waals surface area contributed by atoms with Gasteiger partial charge >= 0.3 is 0 Å². The molecular weight excluding hydrogens is 590 g/mol. The van der Waals surface area contributed by atoms with Crippen LogP contribution in [0.3, 0.4) is 0 Å². The van der Waals surface area contributed by atoms with E-state index in [1.54, 1.807) is 55.6 Å². The number of amides is 2. The number of carbonyl (C=O) groups excluding carboxylic acids is 2. The summed E-state index contributed by atoms with van der Waals surface area (Å²) in [5.74, 6) is 0.279. The molecule has 45 heavy (non-hydrogen) atoms. The Morgan fingerprint density at radius 2 is 1.60 bits per heavy atom. The molecule has 9 nitrogen and oxygen atoms in total. The molecule has 1 aliphatic rings. The summed E-state index contributed by atoms with van der Waals surface area (Å²) in [5.41, 5.74) is 1.94. The minimum absolute atomic E-state index is 0.0518. The molecule has 0 unspecified atom stereocenters. The van der Waals surface area contributed by atoms with E-state index in [9.17, 15) is 18.0 Å². The molecular formula is C35H45N3O6S. The molecule has 1 fully saturated rings. The molecule has 0 bridgehead atoms. The topological polar surface area (TPSA) is 105 Å². The van der Waals surface area contributed by atoms with Gasteiger partial charge in [-0.2, -0.15) is 0 Å². The molecule has 1 saturated carbocycles. The normalized spacial score (nSPS) is 14.3. The lowest BCUT2D eigenvalue weighted by Gasteiger charge is -2.34. The zero-order chi connectivity index (χ0) is 32.4. The molecule has 0 aliphatic heterocycles. The van der Waals surface area contributed by atoms with Crippen molar-refractivity contribution in [2.75, 3.05) is 24.6 Å². The van der Waals surface area contributed by atoms with Crippen molar-refractivity contribution in [1.82, 2.24) is 10.2 Å². The Kier molecular flexibility index (Phi) is 11.9. The highest BCUT2D eigenvalue weighted by Gasteiger charge is 2.35. The zero-order valence-corrected chi connectivity index (χ0v) is 27.5. The Hall–Kier alpha value is -4.05. The number of methoxy groups -OCH3 is 1. The van der Waals surface area contributed by atoms with Crippen molar-refractivity contribution in [2.45, 2.75) is 82.8 Å². The average Bonchev–Trinajstić information content (AvgIpc) is 3.05. The molecule has 4 rings (SSSR count). The summed E-state index contributed by atoms with van der Waals surface area (Å²) in [7, 11) is -2.63. The first-order chi connectivity index (χ1) is 21.7. The third-order valence-corrected chi connectivity index (χ3v) is 9.95. The van der Waals surface area contributed by atoms with Crippen LogP contribution in [0.4, 0.5) is 5.69 Å². The number of ether oxygens (including phenoxy) is 2. The van der Waals surface area contributed by atoms with Gasteiger partial charge in [0.1, 0.15) is 24.1 Å². The quantitative estimate of drug-likeness (QED) is 0.238. The van der Waals surface area contributed by atoms with E-state index in [4.69, 9.17) is 9.47 Å². The number of aryl methyl sites for hydroxylation is 1. The predicted molar refractivity (Wildman–Crippen MR) is 176 cm³/mol. The second-order valence-electron chi connectivity index (χ2n) is 11.4. The minimum atomic E-state index is -4.21. The molecule has 0 aromatic heterocycles. The number of anilines is 1. The Morgan fingerprint density at radius 1 is 0.933 bits per heavy atom. The van der Waals surface area contributed by atoms with Crippen LogP contribution in [0.25, 0.3) is 0 Å². The summed E-state index contributed by atoms with van der Waals surface area (Å²) in [4.78, 5) is 29.7. The molecule has 0 heterocycles.